The van der Waals surface area contributed by atoms with Gasteiger partial charge in [0.05, 0.1) is 11.6 Å². The smallest absolute Gasteiger partial charge is 0.299 e. The Hall–Kier alpha value is -2.55. The van der Waals surface area contributed by atoms with Crippen LogP contribution in [0.1, 0.15) is 28.4 Å². The van der Waals surface area contributed by atoms with Crippen molar-refractivity contribution in [3.8, 4) is 0 Å². The first kappa shape index (κ1) is 14.4. The molecule has 0 bridgehead atoms. The van der Waals surface area contributed by atoms with Crippen LogP contribution < -0.4 is 5.69 Å². The predicted molar refractivity (Wildman–Crippen MR) is 89.2 cm³/mol. The van der Waals surface area contributed by atoms with Gasteiger partial charge in [-0.2, -0.15) is 0 Å². The molecule has 1 heterocycles. The number of nitrogens with zero attached hydrogens (tertiary/aromatic N) is 2. The quantitative estimate of drug-likeness (QED) is 0.728. The highest BCUT2D eigenvalue weighted by molar-refractivity contribution is 5.42. The maximum atomic E-state index is 12.3. The van der Waals surface area contributed by atoms with Gasteiger partial charge >= 0.3 is 5.69 Å². The Labute approximate surface area is 130 Å². The van der Waals surface area contributed by atoms with Gasteiger partial charge in [0.1, 0.15) is 0 Å². The zero-order chi connectivity index (χ0) is 15.7. The largest absolute Gasteiger partial charge is 0.328 e. The van der Waals surface area contributed by atoms with Crippen LogP contribution in [0.25, 0.3) is 0 Å². The number of aromatic nitrogens is 2. The summed E-state index contributed by atoms with van der Waals surface area (Å²) in [4.78, 5) is 12.3. The van der Waals surface area contributed by atoms with Crippen molar-refractivity contribution in [1.82, 2.24) is 9.13 Å². The van der Waals surface area contributed by atoms with Crippen molar-refractivity contribution in [2.24, 2.45) is 14.1 Å². The van der Waals surface area contributed by atoms with Crippen molar-refractivity contribution >= 4 is 0 Å². The normalized spacial score (nSPS) is 11.1. The molecule has 3 nitrogen and oxygen atoms in total. The van der Waals surface area contributed by atoms with Crippen LogP contribution in [0.3, 0.4) is 0 Å². The molecule has 2 aromatic carbocycles. The minimum atomic E-state index is 0.0179. The zero-order valence-corrected chi connectivity index (χ0v) is 13.2. The highest BCUT2D eigenvalue weighted by atomic mass is 16.1. The van der Waals surface area contributed by atoms with Gasteiger partial charge in [-0.15, -0.1) is 0 Å². The van der Waals surface area contributed by atoms with Crippen LogP contribution in [0.2, 0.25) is 0 Å². The Morgan fingerprint density at radius 1 is 0.773 bits per heavy atom. The molecule has 0 unspecified atom stereocenters. The summed E-state index contributed by atoms with van der Waals surface area (Å²) in [6, 6.07) is 20.7. The van der Waals surface area contributed by atoms with Crippen molar-refractivity contribution in [1.29, 1.82) is 0 Å². The van der Waals surface area contributed by atoms with E-state index in [0.717, 1.165) is 11.4 Å². The lowest BCUT2D eigenvalue weighted by Gasteiger charge is -2.20. The molecular formula is C19H20N2O. The molecule has 3 heteroatoms. The molecule has 0 aliphatic rings. The predicted octanol–water partition coefficient (Wildman–Crippen LogP) is 3.21. The molecule has 112 valence electrons. The third kappa shape index (κ3) is 2.29. The first-order chi connectivity index (χ1) is 10.6. The number of benzene rings is 2. The molecule has 1 aromatic heterocycles. The number of imidazole rings is 1. The van der Waals surface area contributed by atoms with Crippen molar-refractivity contribution < 1.29 is 0 Å². The van der Waals surface area contributed by atoms with E-state index in [2.05, 4.69) is 24.3 Å². The summed E-state index contributed by atoms with van der Waals surface area (Å²) in [5, 5.41) is 0. The van der Waals surface area contributed by atoms with Gasteiger partial charge in [0, 0.05) is 19.8 Å². The fourth-order valence-electron chi connectivity index (χ4n) is 3.09. The molecule has 0 amide bonds. The number of hydrogen-bond donors (Lipinski definition) is 0. The van der Waals surface area contributed by atoms with E-state index >= 15 is 0 Å². The van der Waals surface area contributed by atoms with Gasteiger partial charge in [-0.1, -0.05) is 60.7 Å². The van der Waals surface area contributed by atoms with Crippen LogP contribution in [0.4, 0.5) is 0 Å². The van der Waals surface area contributed by atoms with Crippen LogP contribution in [0, 0.1) is 6.92 Å². The number of rotatable bonds is 3. The van der Waals surface area contributed by atoms with E-state index in [-0.39, 0.29) is 11.6 Å². The number of hydrogen-bond acceptors (Lipinski definition) is 1. The lowest BCUT2D eigenvalue weighted by molar-refractivity contribution is 0.739. The van der Waals surface area contributed by atoms with Crippen molar-refractivity contribution in [3.63, 3.8) is 0 Å². The summed E-state index contributed by atoms with van der Waals surface area (Å²) in [7, 11) is 3.68. The summed E-state index contributed by atoms with van der Waals surface area (Å²) in [6.45, 7) is 2.01. The second-order valence-electron chi connectivity index (χ2n) is 5.63. The summed E-state index contributed by atoms with van der Waals surface area (Å²) < 4.78 is 3.48. The molecule has 0 spiro atoms. The molecule has 3 aromatic rings. The van der Waals surface area contributed by atoms with E-state index < -0.39 is 0 Å². The Morgan fingerprint density at radius 2 is 1.23 bits per heavy atom. The highest BCUT2D eigenvalue weighted by Crippen LogP contribution is 2.32. The molecule has 0 aliphatic heterocycles. The first-order valence-corrected chi connectivity index (χ1v) is 7.43. The first-order valence-electron chi connectivity index (χ1n) is 7.43. The second kappa shape index (κ2) is 5.68. The van der Waals surface area contributed by atoms with Gasteiger partial charge in [0.2, 0.25) is 0 Å². The van der Waals surface area contributed by atoms with Gasteiger partial charge < -0.3 is 0 Å². The topological polar surface area (TPSA) is 26.9 Å². The zero-order valence-electron chi connectivity index (χ0n) is 13.2. The molecule has 22 heavy (non-hydrogen) atoms. The van der Waals surface area contributed by atoms with Crippen LogP contribution in [-0.4, -0.2) is 9.13 Å². The fraction of sp³-hybridized carbons (Fsp3) is 0.211. The fourth-order valence-corrected chi connectivity index (χ4v) is 3.09. The lowest BCUT2D eigenvalue weighted by atomic mass is 9.87. The lowest BCUT2D eigenvalue weighted by Crippen LogP contribution is -2.21. The molecule has 0 saturated carbocycles. The van der Waals surface area contributed by atoms with Crippen LogP contribution in [-0.2, 0) is 14.1 Å². The van der Waals surface area contributed by atoms with Crippen molar-refractivity contribution in [2.75, 3.05) is 0 Å². The van der Waals surface area contributed by atoms with Crippen molar-refractivity contribution in [3.05, 3.63) is 93.7 Å². The van der Waals surface area contributed by atoms with E-state index in [1.165, 1.54) is 11.1 Å². The van der Waals surface area contributed by atoms with E-state index in [4.69, 9.17) is 0 Å². The average Bonchev–Trinajstić information content (AvgIpc) is 2.75. The van der Waals surface area contributed by atoms with E-state index in [0.29, 0.717) is 0 Å². The van der Waals surface area contributed by atoms with E-state index in [1.807, 2.05) is 57.4 Å². The van der Waals surface area contributed by atoms with Gasteiger partial charge in [0.25, 0.3) is 0 Å². The Morgan fingerprint density at radius 3 is 1.59 bits per heavy atom. The van der Waals surface area contributed by atoms with E-state index in [1.54, 1.807) is 9.13 Å². The second-order valence-corrected chi connectivity index (χ2v) is 5.63. The Kier molecular flexibility index (Phi) is 3.72. The summed E-state index contributed by atoms with van der Waals surface area (Å²) in [5.74, 6) is 0.0568. The van der Waals surface area contributed by atoms with Gasteiger partial charge in [-0.05, 0) is 18.1 Å². The van der Waals surface area contributed by atoms with Crippen LogP contribution in [0.15, 0.2) is 65.5 Å². The summed E-state index contributed by atoms with van der Waals surface area (Å²) in [6.07, 6.45) is 0. The molecule has 0 radical (unpaired) electrons. The Bertz CT molecular complexity index is 790. The van der Waals surface area contributed by atoms with Gasteiger partial charge in [-0.3, -0.25) is 9.13 Å². The van der Waals surface area contributed by atoms with Crippen LogP contribution >= 0.6 is 0 Å². The molecule has 0 aliphatic carbocycles. The van der Waals surface area contributed by atoms with Gasteiger partial charge in [0.15, 0.2) is 0 Å². The highest BCUT2D eigenvalue weighted by Gasteiger charge is 2.24. The maximum Gasteiger partial charge on any atom is 0.328 e. The van der Waals surface area contributed by atoms with Gasteiger partial charge in [-0.25, -0.2) is 4.79 Å². The third-order valence-corrected chi connectivity index (χ3v) is 4.35. The summed E-state index contributed by atoms with van der Waals surface area (Å²) >= 11 is 0. The molecule has 0 atom stereocenters. The molecule has 0 saturated heterocycles. The molecule has 0 N–H and O–H groups in total. The maximum absolute atomic E-state index is 12.3. The van der Waals surface area contributed by atoms with Crippen molar-refractivity contribution in [2.45, 2.75) is 12.8 Å². The minimum Gasteiger partial charge on any atom is -0.299 e. The molecular weight excluding hydrogens is 272 g/mol. The Balaban J connectivity index is 2.28. The molecule has 0 fully saturated rings. The molecule has 3 rings (SSSR count). The summed E-state index contributed by atoms with van der Waals surface area (Å²) in [5.41, 5.74) is 4.45. The van der Waals surface area contributed by atoms with Crippen LogP contribution in [0.5, 0.6) is 0 Å². The average molecular weight is 292 g/mol. The standard InChI is InChI=1S/C19H20N2O/c1-14-18(21(3)19(22)20(14)2)17(15-10-6-4-7-11-15)16-12-8-5-9-13-16/h4-13,17H,1-3H3. The minimum absolute atomic E-state index is 0.0179. The van der Waals surface area contributed by atoms with E-state index in [9.17, 15) is 4.79 Å². The SMILES string of the molecule is Cc1c(C(c2ccccc2)c2ccccc2)n(C)c(=O)n1C. The monoisotopic (exact) mass is 292 g/mol. The third-order valence-electron chi connectivity index (χ3n) is 4.35.